The zero-order chi connectivity index (χ0) is 8.27. The molecule has 4 nitrogen and oxygen atoms in total. The van der Waals surface area contributed by atoms with Crippen LogP contribution in [-0.2, 0) is 14.3 Å². The molecule has 0 spiro atoms. The van der Waals surface area contributed by atoms with Crippen LogP contribution in [0.15, 0.2) is 11.6 Å². The largest absolute Gasteiger partial charge is 0.463 e. The predicted octanol–water partition coefficient (Wildman–Crippen LogP) is -0.394. The number of hydrogen-bond acceptors (Lipinski definition) is 3. The van der Waals surface area contributed by atoms with E-state index in [9.17, 15) is 9.59 Å². The maximum Gasteiger partial charge on any atom is 0.336 e. The minimum Gasteiger partial charge on any atom is -0.463 e. The first kappa shape index (κ1) is 7.78. The molecule has 0 unspecified atom stereocenters. The maximum absolute atomic E-state index is 10.9. The van der Waals surface area contributed by atoms with Gasteiger partial charge in [0, 0.05) is 6.08 Å². The normalized spacial score (nSPS) is 15.7. The Labute approximate surface area is 64.2 Å². The Hall–Kier alpha value is -1.32. The van der Waals surface area contributed by atoms with Gasteiger partial charge in [-0.2, -0.15) is 0 Å². The van der Waals surface area contributed by atoms with Gasteiger partial charge in [-0.3, -0.25) is 4.79 Å². The highest BCUT2D eigenvalue weighted by molar-refractivity contribution is 6.02. The van der Waals surface area contributed by atoms with Gasteiger partial charge in [0.2, 0.25) is 5.91 Å². The summed E-state index contributed by atoms with van der Waals surface area (Å²) in [7, 11) is 0. The lowest BCUT2D eigenvalue weighted by Crippen LogP contribution is -2.17. The van der Waals surface area contributed by atoms with Gasteiger partial charge < -0.3 is 10.1 Å². The third-order valence-corrected chi connectivity index (χ3v) is 1.30. The Bertz CT molecular complexity index is 220. The lowest BCUT2D eigenvalue weighted by atomic mass is 10.3. The van der Waals surface area contributed by atoms with Gasteiger partial charge in [0.25, 0.3) is 0 Å². The lowest BCUT2D eigenvalue weighted by molar-refractivity contribution is -0.138. The Morgan fingerprint density at radius 2 is 2.55 bits per heavy atom. The zero-order valence-corrected chi connectivity index (χ0v) is 6.22. The van der Waals surface area contributed by atoms with Crippen LogP contribution in [0.25, 0.3) is 0 Å². The number of carbonyl (C=O) groups excluding carboxylic acids is 2. The van der Waals surface area contributed by atoms with E-state index in [2.05, 4.69) is 10.1 Å². The molecule has 4 heteroatoms. The van der Waals surface area contributed by atoms with Crippen LogP contribution >= 0.6 is 0 Å². The molecule has 0 aromatic heterocycles. The van der Waals surface area contributed by atoms with E-state index in [-0.39, 0.29) is 12.5 Å². The smallest absolute Gasteiger partial charge is 0.336 e. The molecular weight excluding hydrogens is 146 g/mol. The SMILES string of the molecule is CCOC(=O)C1=CC(=O)NC1. The van der Waals surface area contributed by atoms with Gasteiger partial charge in [0.1, 0.15) is 0 Å². The molecule has 0 radical (unpaired) electrons. The first-order valence-electron chi connectivity index (χ1n) is 3.39. The van der Waals surface area contributed by atoms with Gasteiger partial charge in [0.15, 0.2) is 0 Å². The molecule has 0 saturated heterocycles. The monoisotopic (exact) mass is 155 g/mol. The third kappa shape index (κ3) is 1.80. The van der Waals surface area contributed by atoms with E-state index in [1.165, 1.54) is 6.08 Å². The zero-order valence-electron chi connectivity index (χ0n) is 6.22. The Kier molecular flexibility index (Phi) is 2.25. The second kappa shape index (κ2) is 3.18. The molecule has 0 aliphatic carbocycles. The van der Waals surface area contributed by atoms with Crippen molar-refractivity contribution in [3.8, 4) is 0 Å². The summed E-state index contributed by atoms with van der Waals surface area (Å²) in [6.45, 7) is 2.35. The number of carbonyl (C=O) groups is 2. The molecule has 1 N–H and O–H groups in total. The van der Waals surface area contributed by atoms with E-state index in [0.717, 1.165) is 0 Å². The summed E-state index contributed by atoms with van der Waals surface area (Å²) in [5, 5.41) is 2.48. The van der Waals surface area contributed by atoms with Crippen molar-refractivity contribution in [1.29, 1.82) is 0 Å². The number of esters is 1. The summed E-state index contributed by atoms with van der Waals surface area (Å²) < 4.78 is 4.67. The van der Waals surface area contributed by atoms with Crippen LogP contribution < -0.4 is 5.32 Å². The molecule has 0 bridgehead atoms. The van der Waals surface area contributed by atoms with Crippen LogP contribution in [0.3, 0.4) is 0 Å². The van der Waals surface area contributed by atoms with Crippen molar-refractivity contribution >= 4 is 11.9 Å². The molecule has 1 amide bonds. The van der Waals surface area contributed by atoms with E-state index in [1.54, 1.807) is 6.92 Å². The Morgan fingerprint density at radius 1 is 1.82 bits per heavy atom. The number of hydrogen-bond donors (Lipinski definition) is 1. The molecule has 1 aliphatic heterocycles. The average Bonchev–Trinajstić information content (AvgIpc) is 2.36. The molecule has 0 atom stereocenters. The fourth-order valence-corrected chi connectivity index (χ4v) is 0.798. The van der Waals surface area contributed by atoms with Gasteiger partial charge in [0.05, 0.1) is 18.7 Å². The number of nitrogens with one attached hydrogen (secondary N) is 1. The second-order valence-corrected chi connectivity index (χ2v) is 2.11. The summed E-state index contributed by atoms with van der Waals surface area (Å²) >= 11 is 0. The van der Waals surface area contributed by atoms with Gasteiger partial charge >= 0.3 is 5.97 Å². The molecule has 0 aromatic rings. The Morgan fingerprint density at radius 3 is 3.00 bits per heavy atom. The molecule has 60 valence electrons. The third-order valence-electron chi connectivity index (χ3n) is 1.30. The maximum atomic E-state index is 10.9. The number of rotatable bonds is 2. The first-order chi connectivity index (χ1) is 5.24. The number of ether oxygens (including phenoxy) is 1. The minimum absolute atomic E-state index is 0.229. The van der Waals surface area contributed by atoms with Crippen molar-refractivity contribution in [2.75, 3.05) is 13.2 Å². The highest BCUT2D eigenvalue weighted by atomic mass is 16.5. The van der Waals surface area contributed by atoms with E-state index in [4.69, 9.17) is 0 Å². The molecule has 0 aromatic carbocycles. The van der Waals surface area contributed by atoms with Crippen LogP contribution in [0.4, 0.5) is 0 Å². The van der Waals surface area contributed by atoms with Crippen LogP contribution in [0.5, 0.6) is 0 Å². The summed E-state index contributed by atoms with van der Waals surface area (Å²) in [5.74, 6) is -0.640. The molecule has 1 rings (SSSR count). The fourth-order valence-electron chi connectivity index (χ4n) is 0.798. The van der Waals surface area contributed by atoms with E-state index in [0.29, 0.717) is 12.2 Å². The quantitative estimate of drug-likeness (QED) is 0.552. The van der Waals surface area contributed by atoms with E-state index < -0.39 is 5.97 Å². The highest BCUT2D eigenvalue weighted by Crippen LogP contribution is 2.01. The van der Waals surface area contributed by atoms with Gasteiger partial charge in [-0.15, -0.1) is 0 Å². The fraction of sp³-hybridized carbons (Fsp3) is 0.429. The van der Waals surface area contributed by atoms with Crippen molar-refractivity contribution in [2.24, 2.45) is 0 Å². The summed E-state index contributed by atoms with van der Waals surface area (Å²) in [4.78, 5) is 21.5. The Balaban J connectivity index is 2.54. The van der Waals surface area contributed by atoms with Crippen LogP contribution in [0.2, 0.25) is 0 Å². The average molecular weight is 155 g/mol. The topological polar surface area (TPSA) is 55.4 Å². The van der Waals surface area contributed by atoms with Gasteiger partial charge in [-0.1, -0.05) is 0 Å². The van der Waals surface area contributed by atoms with E-state index >= 15 is 0 Å². The van der Waals surface area contributed by atoms with Crippen molar-refractivity contribution < 1.29 is 14.3 Å². The van der Waals surface area contributed by atoms with Crippen molar-refractivity contribution in [3.63, 3.8) is 0 Å². The number of amides is 1. The summed E-state index contributed by atoms with van der Waals surface area (Å²) in [5.41, 5.74) is 0.400. The summed E-state index contributed by atoms with van der Waals surface area (Å²) in [6, 6.07) is 0. The molecule has 1 aliphatic rings. The summed E-state index contributed by atoms with van der Waals surface area (Å²) in [6.07, 6.45) is 1.26. The molecule has 0 saturated carbocycles. The van der Waals surface area contributed by atoms with Gasteiger partial charge in [-0.05, 0) is 6.92 Å². The van der Waals surface area contributed by atoms with Crippen LogP contribution in [0.1, 0.15) is 6.92 Å². The first-order valence-corrected chi connectivity index (χ1v) is 3.39. The van der Waals surface area contributed by atoms with Crippen LogP contribution in [-0.4, -0.2) is 25.0 Å². The molecule has 0 fully saturated rings. The van der Waals surface area contributed by atoms with Crippen LogP contribution in [0, 0.1) is 0 Å². The second-order valence-electron chi connectivity index (χ2n) is 2.11. The minimum atomic E-state index is -0.411. The van der Waals surface area contributed by atoms with Crippen molar-refractivity contribution in [1.82, 2.24) is 5.32 Å². The predicted molar refractivity (Wildman–Crippen MR) is 37.7 cm³/mol. The standard InChI is InChI=1S/C7H9NO3/c1-2-11-7(10)5-3-6(9)8-4-5/h3H,2,4H2,1H3,(H,8,9). The molecule has 11 heavy (non-hydrogen) atoms. The highest BCUT2D eigenvalue weighted by Gasteiger charge is 2.17. The molecule has 1 heterocycles. The molecular formula is C7H9NO3. The van der Waals surface area contributed by atoms with Crippen molar-refractivity contribution in [3.05, 3.63) is 11.6 Å². The van der Waals surface area contributed by atoms with Gasteiger partial charge in [-0.25, -0.2) is 4.79 Å². The lowest BCUT2D eigenvalue weighted by Gasteiger charge is -1.99. The van der Waals surface area contributed by atoms with Crippen molar-refractivity contribution in [2.45, 2.75) is 6.92 Å². The van der Waals surface area contributed by atoms with E-state index in [1.807, 2.05) is 0 Å².